The second-order valence-corrected chi connectivity index (χ2v) is 1.23. The highest BCUT2D eigenvalue weighted by Crippen LogP contribution is 1.77. The summed E-state index contributed by atoms with van der Waals surface area (Å²) < 4.78 is 0. The first-order valence-corrected chi connectivity index (χ1v) is 2.37. The van der Waals surface area contributed by atoms with Gasteiger partial charge in [-0.1, -0.05) is 13.3 Å². The van der Waals surface area contributed by atoms with Crippen molar-refractivity contribution in [3.8, 4) is 0 Å². The maximum absolute atomic E-state index is 9.48. The van der Waals surface area contributed by atoms with E-state index in [-0.39, 0.29) is 0 Å². The van der Waals surface area contributed by atoms with Crippen molar-refractivity contribution in [1.82, 2.24) is 0 Å². The lowest BCUT2D eigenvalue weighted by atomic mass is 10.4. The lowest BCUT2D eigenvalue weighted by molar-refractivity contribution is -0.106. The van der Waals surface area contributed by atoms with Crippen molar-refractivity contribution in [1.29, 1.82) is 0 Å². The summed E-state index contributed by atoms with van der Waals surface area (Å²) in [5, 5.41) is 0. The maximum atomic E-state index is 9.48. The van der Waals surface area contributed by atoms with E-state index in [1.165, 1.54) is 0 Å². The molecule has 0 N–H and O–H groups in total. The van der Waals surface area contributed by atoms with Gasteiger partial charge in [0.1, 0.15) is 0 Å². The Labute approximate surface area is 43.3 Å². The second kappa shape index (κ2) is 5.34. The molecule has 2 heteroatoms. The first-order valence-electron chi connectivity index (χ1n) is 2.37. The van der Waals surface area contributed by atoms with Crippen molar-refractivity contribution in [3.05, 3.63) is 0 Å². The van der Waals surface area contributed by atoms with Crippen LogP contribution in [0.15, 0.2) is 4.99 Å². The number of hydrogen-bond donors (Lipinski definition) is 0. The minimum atomic E-state index is 0.551. The Balaban J connectivity index is 2.92. The van der Waals surface area contributed by atoms with Gasteiger partial charge in [-0.15, -0.1) is 0 Å². The third-order valence-electron chi connectivity index (χ3n) is 0.584. The SMILES string of the molecule is CCCC=NC=O. The van der Waals surface area contributed by atoms with Crippen LogP contribution in [-0.2, 0) is 4.79 Å². The monoisotopic (exact) mass is 99.1 g/mol. The molecule has 0 saturated carbocycles. The van der Waals surface area contributed by atoms with Gasteiger partial charge in [-0.3, -0.25) is 4.79 Å². The van der Waals surface area contributed by atoms with E-state index in [4.69, 9.17) is 0 Å². The molecule has 0 aliphatic rings. The summed E-state index contributed by atoms with van der Waals surface area (Å²) >= 11 is 0. The Kier molecular flexibility index (Phi) is 4.84. The molecule has 40 valence electrons. The molecule has 0 rings (SSSR count). The Morgan fingerprint density at radius 3 is 2.86 bits per heavy atom. The minimum absolute atomic E-state index is 0.551. The number of carbonyl (C=O) groups is 1. The molecule has 0 bridgehead atoms. The van der Waals surface area contributed by atoms with Crippen molar-refractivity contribution in [2.75, 3.05) is 0 Å². The summed E-state index contributed by atoms with van der Waals surface area (Å²) in [5.41, 5.74) is 0. The number of hydrogen-bond acceptors (Lipinski definition) is 1. The molecule has 0 aromatic heterocycles. The van der Waals surface area contributed by atoms with E-state index in [1.54, 1.807) is 6.21 Å². The van der Waals surface area contributed by atoms with Crippen LogP contribution in [0.1, 0.15) is 19.8 Å². The van der Waals surface area contributed by atoms with Crippen molar-refractivity contribution >= 4 is 12.6 Å². The van der Waals surface area contributed by atoms with E-state index in [0.29, 0.717) is 6.41 Å². The Hall–Kier alpha value is -0.660. The van der Waals surface area contributed by atoms with Crippen LogP contribution >= 0.6 is 0 Å². The van der Waals surface area contributed by atoms with Gasteiger partial charge in [-0.25, -0.2) is 4.99 Å². The molecule has 0 unspecified atom stereocenters. The van der Waals surface area contributed by atoms with E-state index >= 15 is 0 Å². The highest BCUT2D eigenvalue weighted by molar-refractivity contribution is 5.68. The fourth-order valence-corrected chi connectivity index (χ4v) is 0.247. The smallest absolute Gasteiger partial charge is 0.232 e. The van der Waals surface area contributed by atoms with Gasteiger partial charge in [0, 0.05) is 6.21 Å². The molecule has 0 aromatic rings. The fraction of sp³-hybridized carbons (Fsp3) is 0.600. The van der Waals surface area contributed by atoms with Gasteiger partial charge in [-0.05, 0) is 6.42 Å². The normalized spacial score (nSPS) is 9.86. The maximum Gasteiger partial charge on any atom is 0.232 e. The van der Waals surface area contributed by atoms with Gasteiger partial charge < -0.3 is 0 Å². The van der Waals surface area contributed by atoms with E-state index in [1.807, 2.05) is 6.92 Å². The van der Waals surface area contributed by atoms with Gasteiger partial charge in [-0.2, -0.15) is 0 Å². The van der Waals surface area contributed by atoms with Crippen LogP contribution in [-0.4, -0.2) is 12.6 Å². The van der Waals surface area contributed by atoms with Gasteiger partial charge in [0.05, 0.1) is 0 Å². The summed E-state index contributed by atoms with van der Waals surface area (Å²) in [6.07, 6.45) is 4.12. The molecule has 0 aliphatic heterocycles. The zero-order chi connectivity index (χ0) is 5.54. The van der Waals surface area contributed by atoms with Crippen molar-refractivity contribution in [3.63, 3.8) is 0 Å². The summed E-state index contributed by atoms with van der Waals surface area (Å²) in [4.78, 5) is 12.8. The molecule has 0 aromatic carbocycles. The van der Waals surface area contributed by atoms with Crippen LogP contribution < -0.4 is 0 Å². The number of unbranched alkanes of at least 4 members (excludes halogenated alkanes) is 1. The predicted octanol–water partition coefficient (Wildman–Crippen LogP) is 1.01. The van der Waals surface area contributed by atoms with E-state index < -0.39 is 0 Å². The summed E-state index contributed by atoms with van der Waals surface area (Å²) in [7, 11) is 0. The van der Waals surface area contributed by atoms with Gasteiger partial charge >= 0.3 is 0 Å². The molecular formula is C5H9NO. The fourth-order valence-electron chi connectivity index (χ4n) is 0.247. The van der Waals surface area contributed by atoms with E-state index in [2.05, 4.69) is 4.99 Å². The highest BCUT2D eigenvalue weighted by Gasteiger charge is 1.68. The number of rotatable bonds is 3. The summed E-state index contributed by atoms with van der Waals surface area (Å²) in [5.74, 6) is 0. The number of aliphatic imine (C=N–C) groups is 1. The van der Waals surface area contributed by atoms with Crippen LogP contribution in [0.4, 0.5) is 0 Å². The zero-order valence-electron chi connectivity index (χ0n) is 4.42. The zero-order valence-corrected chi connectivity index (χ0v) is 4.42. The highest BCUT2D eigenvalue weighted by atomic mass is 16.1. The van der Waals surface area contributed by atoms with E-state index in [0.717, 1.165) is 12.8 Å². The molecule has 0 radical (unpaired) electrons. The van der Waals surface area contributed by atoms with Crippen molar-refractivity contribution < 1.29 is 4.79 Å². The summed E-state index contributed by atoms with van der Waals surface area (Å²) in [6.45, 7) is 2.04. The largest absolute Gasteiger partial charge is 0.276 e. The number of carbonyl (C=O) groups excluding carboxylic acids is 1. The second-order valence-electron chi connectivity index (χ2n) is 1.23. The third kappa shape index (κ3) is 5.34. The lowest BCUT2D eigenvalue weighted by Crippen LogP contribution is -1.71. The molecule has 0 heterocycles. The van der Waals surface area contributed by atoms with Crippen LogP contribution in [0.2, 0.25) is 0 Å². The van der Waals surface area contributed by atoms with Gasteiger partial charge in [0.2, 0.25) is 6.41 Å². The molecule has 0 spiro atoms. The van der Waals surface area contributed by atoms with Crippen LogP contribution in [0.25, 0.3) is 0 Å². The van der Waals surface area contributed by atoms with Crippen LogP contribution in [0.3, 0.4) is 0 Å². The minimum Gasteiger partial charge on any atom is -0.276 e. The average Bonchev–Trinajstić information content (AvgIpc) is 1.69. The number of nitrogens with zero attached hydrogens (tertiary/aromatic N) is 1. The standard InChI is InChI=1S/C5H9NO/c1-2-3-4-6-5-7/h4-5H,2-3H2,1H3. The molecule has 0 atom stereocenters. The van der Waals surface area contributed by atoms with Crippen LogP contribution in [0, 0.1) is 0 Å². The Bertz CT molecular complexity index is 68.5. The number of amides is 1. The van der Waals surface area contributed by atoms with Gasteiger partial charge in [0.15, 0.2) is 0 Å². The summed E-state index contributed by atoms with van der Waals surface area (Å²) in [6, 6.07) is 0. The Morgan fingerprint density at radius 1 is 1.71 bits per heavy atom. The molecule has 1 amide bonds. The molecule has 0 aliphatic carbocycles. The van der Waals surface area contributed by atoms with Crippen molar-refractivity contribution in [2.24, 2.45) is 4.99 Å². The molecule has 2 nitrogen and oxygen atoms in total. The van der Waals surface area contributed by atoms with Crippen LogP contribution in [0.5, 0.6) is 0 Å². The molecular weight excluding hydrogens is 90.1 g/mol. The Morgan fingerprint density at radius 2 is 2.43 bits per heavy atom. The first kappa shape index (κ1) is 6.34. The first-order chi connectivity index (χ1) is 3.41. The topological polar surface area (TPSA) is 29.4 Å². The van der Waals surface area contributed by atoms with E-state index in [9.17, 15) is 4.79 Å². The van der Waals surface area contributed by atoms with Gasteiger partial charge in [0.25, 0.3) is 0 Å². The predicted molar refractivity (Wildman–Crippen MR) is 29.5 cm³/mol. The quantitative estimate of drug-likeness (QED) is 0.383. The average molecular weight is 99.1 g/mol. The third-order valence-corrected chi connectivity index (χ3v) is 0.584. The molecule has 0 fully saturated rings. The molecule has 7 heavy (non-hydrogen) atoms. The lowest BCUT2D eigenvalue weighted by Gasteiger charge is -1.75. The molecule has 0 saturated heterocycles. The van der Waals surface area contributed by atoms with Crippen molar-refractivity contribution in [2.45, 2.75) is 19.8 Å².